The molecule has 1 fully saturated rings. The van der Waals surface area contributed by atoms with Crippen molar-refractivity contribution in [1.29, 1.82) is 5.41 Å². The first kappa shape index (κ1) is 61.6. The zero-order valence-electron chi connectivity index (χ0n) is 38.0. The summed E-state index contributed by atoms with van der Waals surface area (Å²) in [4.78, 5) is 30.0. The molecule has 0 radical (unpaired) electrons. The number of rotatable bonds is 14. The number of nitrogens with zero attached hydrogens (tertiary/aromatic N) is 3. The molecule has 0 aromatic carbocycles. The van der Waals surface area contributed by atoms with Crippen LogP contribution in [0.15, 0.2) is 18.5 Å². The molecule has 0 saturated carbocycles. The molecule has 2 aromatic rings. The number of nitrogens with one attached hydrogen (secondary N) is 5. The van der Waals surface area contributed by atoms with E-state index in [1.807, 2.05) is 55.4 Å². The van der Waals surface area contributed by atoms with Crippen molar-refractivity contribution in [2.24, 2.45) is 11.3 Å². The highest BCUT2D eigenvalue weighted by Gasteiger charge is 2.47. The Morgan fingerprint density at radius 2 is 1.59 bits per heavy atom. The third kappa shape index (κ3) is 31.5. The van der Waals surface area contributed by atoms with Crippen LogP contribution in [-0.2, 0) is 11.3 Å². The third-order valence-corrected chi connectivity index (χ3v) is 8.10. The minimum Gasteiger partial charge on any atom is -0.356 e. The van der Waals surface area contributed by atoms with Crippen LogP contribution < -0.4 is 16.0 Å². The molecule has 13 heteroatoms. The first-order chi connectivity index (χ1) is 26.5. The molecule has 2 atom stereocenters. The molecule has 10 nitrogen and oxygen atoms in total. The second kappa shape index (κ2) is 39.6. The molecule has 0 bridgehead atoms. The van der Waals surface area contributed by atoms with Gasteiger partial charge in [0.25, 0.3) is 5.91 Å². The largest absolute Gasteiger partial charge is 0.393 e. The van der Waals surface area contributed by atoms with E-state index in [1.54, 1.807) is 19.9 Å². The smallest absolute Gasteiger partial charge is 0.356 e. The molecule has 2 aromatic heterocycles. The van der Waals surface area contributed by atoms with E-state index in [4.69, 9.17) is 5.41 Å². The molecule has 328 valence electrons. The quantitative estimate of drug-likeness (QED) is 0.0735. The highest BCUT2D eigenvalue weighted by atomic mass is 19.4. The molecular weight excluding hydrogens is 718 g/mol. The van der Waals surface area contributed by atoms with Crippen molar-refractivity contribution < 1.29 is 22.8 Å². The van der Waals surface area contributed by atoms with Gasteiger partial charge in [0.1, 0.15) is 11.5 Å². The Hall–Kier alpha value is -3.66. The number of carbonyl (C=O) groups excluding carboxylic acids is 2. The fourth-order valence-corrected chi connectivity index (χ4v) is 4.16. The lowest BCUT2D eigenvalue weighted by atomic mass is 9.85. The summed E-state index contributed by atoms with van der Waals surface area (Å²) in [5, 5.41) is 19.7. The third-order valence-electron chi connectivity index (χ3n) is 8.10. The molecule has 5 N–H and O–H groups in total. The first-order valence-electron chi connectivity index (χ1n) is 20.8. The number of amides is 2. The number of hydrogen-bond donors (Lipinski definition) is 5. The minimum atomic E-state index is -4.31. The lowest BCUT2D eigenvalue weighted by Gasteiger charge is -2.29. The zero-order chi connectivity index (χ0) is 44.8. The maximum atomic E-state index is 13.2. The fourth-order valence-electron chi connectivity index (χ4n) is 4.16. The van der Waals surface area contributed by atoms with Crippen LogP contribution in [0.4, 0.5) is 13.2 Å². The molecule has 1 aliphatic rings. The van der Waals surface area contributed by atoms with Gasteiger partial charge in [0.15, 0.2) is 0 Å². The molecule has 0 spiro atoms. The van der Waals surface area contributed by atoms with Crippen LogP contribution in [0.2, 0.25) is 0 Å². The SMILES string of the molecule is C#C.CC.CC.CC.CCC(C)=N.CCCNCCC(C)CC.CCn1nccc1C(=O)NC(CCC(C)(C)C(F)(F)F)c1cnc(C)[nH]1.O=C1CCCCN1. The van der Waals surface area contributed by atoms with Crippen molar-refractivity contribution in [2.45, 2.75) is 180 Å². The average Bonchev–Trinajstić information content (AvgIpc) is 3.88. The van der Waals surface area contributed by atoms with Gasteiger partial charge in [-0.15, -0.1) is 12.8 Å². The Balaban J connectivity index is -0.000000236. The lowest BCUT2D eigenvalue weighted by Crippen LogP contribution is -2.35. The standard InChI is InChI=1S/C17H24F3N5O.C9H21N.C5H9NO.C4H9N.3C2H6.C2H2/c1-5-25-14(7-9-22-25)15(26)24-12(13-10-21-11(2)23-13)6-8-16(3,4)17(18,19)20;1-4-7-10-8-6-9(3)5-2;7-5-3-1-2-4-6-5;1-3-4(2)5;4*1-2/h7,9-10,12H,5-6,8H2,1-4H3,(H,21,23)(H,24,26);9-10H,4-8H2,1-3H3;1-4H2,(H,6,7);5H,3H2,1-2H3;3*1-2H3;1-2H. The first-order valence-corrected chi connectivity index (χ1v) is 20.8. The summed E-state index contributed by atoms with van der Waals surface area (Å²) in [5.74, 6) is 1.36. The second-order valence-electron chi connectivity index (χ2n) is 12.9. The number of halogens is 3. The van der Waals surface area contributed by atoms with Gasteiger partial charge >= 0.3 is 6.18 Å². The summed E-state index contributed by atoms with van der Waals surface area (Å²) in [7, 11) is 0. The molecule has 1 aliphatic heterocycles. The van der Waals surface area contributed by atoms with E-state index in [0.717, 1.165) is 57.7 Å². The second-order valence-corrected chi connectivity index (χ2v) is 12.9. The highest BCUT2D eigenvalue weighted by molar-refractivity contribution is 5.92. The van der Waals surface area contributed by atoms with Gasteiger partial charge in [-0.3, -0.25) is 14.3 Å². The van der Waals surface area contributed by atoms with E-state index in [-0.39, 0.29) is 24.7 Å². The molecule has 56 heavy (non-hydrogen) atoms. The molecule has 2 unspecified atom stereocenters. The summed E-state index contributed by atoms with van der Waals surface area (Å²) in [6.07, 6.45) is 14.5. The number of imidazole rings is 1. The van der Waals surface area contributed by atoms with Crippen molar-refractivity contribution in [1.82, 2.24) is 35.7 Å². The molecule has 3 rings (SSSR count). The minimum absolute atomic E-state index is 0.125. The van der Waals surface area contributed by atoms with Crippen molar-refractivity contribution in [3.8, 4) is 12.8 Å². The molecule has 2 amide bonds. The predicted molar refractivity (Wildman–Crippen MR) is 232 cm³/mol. The number of aryl methyl sites for hydroxylation is 2. The maximum absolute atomic E-state index is 13.2. The Labute approximate surface area is 340 Å². The van der Waals surface area contributed by atoms with E-state index < -0.39 is 17.6 Å². The van der Waals surface area contributed by atoms with Gasteiger partial charge in [-0.2, -0.15) is 18.3 Å². The van der Waals surface area contributed by atoms with E-state index in [9.17, 15) is 22.8 Å². The number of piperidine rings is 1. The lowest BCUT2D eigenvalue weighted by molar-refractivity contribution is -0.214. The van der Waals surface area contributed by atoms with Gasteiger partial charge in [-0.1, -0.05) is 89.5 Å². The van der Waals surface area contributed by atoms with Gasteiger partial charge in [-0.05, 0) is 90.8 Å². The van der Waals surface area contributed by atoms with Gasteiger partial charge < -0.3 is 26.3 Å². The number of aromatic nitrogens is 4. The summed E-state index contributed by atoms with van der Waals surface area (Å²) in [5.41, 5.74) is -0.152. The van der Waals surface area contributed by atoms with Gasteiger partial charge in [0, 0.05) is 31.4 Å². The van der Waals surface area contributed by atoms with Crippen LogP contribution in [0, 0.1) is 36.5 Å². The predicted octanol–water partition coefficient (Wildman–Crippen LogP) is 11.2. The van der Waals surface area contributed by atoms with Crippen molar-refractivity contribution in [3.63, 3.8) is 0 Å². The summed E-state index contributed by atoms with van der Waals surface area (Å²) in [6, 6.07) is 0.971. The van der Waals surface area contributed by atoms with Crippen LogP contribution >= 0.6 is 0 Å². The van der Waals surface area contributed by atoms with Crippen molar-refractivity contribution >= 4 is 17.5 Å². The van der Waals surface area contributed by atoms with Crippen LogP contribution in [-0.4, -0.2) is 63.1 Å². The highest BCUT2D eigenvalue weighted by Crippen LogP contribution is 2.42. The summed E-state index contributed by atoms with van der Waals surface area (Å²) >= 11 is 0. The molecule has 0 aliphatic carbocycles. The number of hydrogen-bond acceptors (Lipinski definition) is 6. The van der Waals surface area contributed by atoms with Gasteiger partial charge in [0.2, 0.25) is 5.91 Å². The number of aromatic amines is 1. The molecule has 1 saturated heterocycles. The average molecular weight is 801 g/mol. The molecular formula is C43H83F3N8O2. The summed E-state index contributed by atoms with van der Waals surface area (Å²) in [6.45, 7) is 32.3. The van der Waals surface area contributed by atoms with E-state index in [0.29, 0.717) is 23.8 Å². The van der Waals surface area contributed by atoms with Crippen LogP contribution in [0.25, 0.3) is 0 Å². The Morgan fingerprint density at radius 1 is 1.02 bits per heavy atom. The van der Waals surface area contributed by atoms with E-state index in [2.05, 4.69) is 64.6 Å². The Morgan fingerprint density at radius 3 is 1.96 bits per heavy atom. The van der Waals surface area contributed by atoms with E-state index >= 15 is 0 Å². The fraction of sp³-hybridized carbons (Fsp3) is 0.744. The number of alkyl halides is 3. The van der Waals surface area contributed by atoms with Crippen molar-refractivity contribution in [3.05, 3.63) is 35.7 Å². The van der Waals surface area contributed by atoms with Crippen LogP contribution in [0.3, 0.4) is 0 Å². The topological polar surface area (TPSA) is 141 Å². The van der Waals surface area contributed by atoms with Crippen LogP contribution in [0.1, 0.15) is 183 Å². The van der Waals surface area contributed by atoms with E-state index in [1.165, 1.54) is 49.4 Å². The van der Waals surface area contributed by atoms with Crippen molar-refractivity contribution in [2.75, 3.05) is 19.6 Å². The maximum Gasteiger partial charge on any atom is 0.393 e. The number of H-pyrrole nitrogens is 1. The normalized spacial score (nSPS) is 12.5. The number of terminal acetylenes is 1. The number of carbonyl (C=O) groups is 2. The van der Waals surface area contributed by atoms with Gasteiger partial charge in [0.05, 0.1) is 23.3 Å². The van der Waals surface area contributed by atoms with Crippen LogP contribution in [0.5, 0.6) is 0 Å². The monoisotopic (exact) mass is 801 g/mol. The Kier molecular flexibility index (Phi) is 43.5. The van der Waals surface area contributed by atoms with Gasteiger partial charge in [-0.25, -0.2) is 4.98 Å². The zero-order valence-corrected chi connectivity index (χ0v) is 38.0. The Bertz CT molecular complexity index is 1220. The molecule has 3 heterocycles. The summed E-state index contributed by atoms with van der Waals surface area (Å²) < 4.78 is 41.0.